The van der Waals surface area contributed by atoms with Gasteiger partial charge in [0, 0.05) is 83.7 Å². The van der Waals surface area contributed by atoms with Crippen LogP contribution in [0.15, 0.2) is 109 Å². The number of terminal acetylenes is 2. The number of rotatable bonds is 18. The molecule has 2 heterocycles. The van der Waals surface area contributed by atoms with Crippen LogP contribution in [0.4, 0.5) is 22.9 Å². The molecule has 0 amide bonds. The van der Waals surface area contributed by atoms with Gasteiger partial charge in [-0.3, -0.25) is 0 Å². The molecule has 0 spiro atoms. The summed E-state index contributed by atoms with van der Waals surface area (Å²) in [6.07, 6.45) is 13.9. The first-order chi connectivity index (χ1) is 34.8. The van der Waals surface area contributed by atoms with Crippen molar-refractivity contribution in [3.63, 3.8) is 0 Å². The Kier molecular flexibility index (Phi) is 32.2. The number of benzene rings is 5. The Morgan fingerprint density at radius 3 is 1.45 bits per heavy atom. The van der Waals surface area contributed by atoms with Crippen molar-refractivity contribution in [2.24, 2.45) is 0 Å². The summed E-state index contributed by atoms with van der Waals surface area (Å²) in [7, 11) is 6.49. The molecule has 0 atom stereocenters. The van der Waals surface area contributed by atoms with Crippen molar-refractivity contribution in [2.45, 2.75) is 19.4 Å². The van der Waals surface area contributed by atoms with Crippen LogP contribution in [0.25, 0.3) is 21.5 Å². The van der Waals surface area contributed by atoms with Crippen molar-refractivity contribution < 1.29 is 78.0 Å². The maximum absolute atomic E-state index is 9.34. The summed E-state index contributed by atoms with van der Waals surface area (Å²) in [5, 5.41) is 32.3. The van der Waals surface area contributed by atoms with E-state index in [9.17, 15) is 5.11 Å². The molecule has 0 aliphatic heterocycles. The largest absolute Gasteiger partial charge is 1.00 e. The number of nitrogens with two attached hydrogens (primary N) is 2. The number of halogens is 2. The number of aliphatic hydroxyl groups is 1. The van der Waals surface area contributed by atoms with Crippen LogP contribution in [0.2, 0.25) is 5.15 Å². The third kappa shape index (κ3) is 24.1. The predicted molar refractivity (Wildman–Crippen MR) is 293 cm³/mol. The molecule has 0 saturated heterocycles. The molecule has 0 saturated carbocycles. The first kappa shape index (κ1) is 66.4. The molecule has 5 aromatic carbocycles. The van der Waals surface area contributed by atoms with Crippen molar-refractivity contribution >= 4 is 68.4 Å². The molecule has 7 N–H and O–H groups in total. The van der Waals surface area contributed by atoms with Gasteiger partial charge in [-0.1, -0.05) is 53.5 Å². The first-order valence-electron chi connectivity index (χ1n) is 22.3. The van der Waals surface area contributed by atoms with Gasteiger partial charge >= 0.3 is 29.6 Å². The maximum atomic E-state index is 9.34. The van der Waals surface area contributed by atoms with E-state index in [1.807, 2.05) is 66.7 Å². The molecule has 17 nitrogen and oxygen atoms in total. The summed E-state index contributed by atoms with van der Waals surface area (Å²) < 4.78 is 43.1. The van der Waals surface area contributed by atoms with Gasteiger partial charge in [0.1, 0.15) is 32.0 Å². The van der Waals surface area contributed by atoms with E-state index in [0.29, 0.717) is 98.2 Å². The number of fused-ring (bicyclic) bond motifs is 2. The summed E-state index contributed by atoms with van der Waals surface area (Å²) in [4.78, 5) is 0. The Hall–Kier alpha value is -6.60. The fraction of sp³-hybridized carbons (Fsp3) is 0.273. The normalized spacial score (nSPS) is 9.89. The molecular weight excluding hydrogens is 1010 g/mol. The third-order valence-corrected chi connectivity index (χ3v) is 9.61. The molecule has 0 fully saturated rings. The number of anilines is 4. The van der Waals surface area contributed by atoms with Gasteiger partial charge in [0.25, 0.3) is 0 Å². The summed E-state index contributed by atoms with van der Waals surface area (Å²) >= 11 is 6.05. The standard InChI is InChI=1S/C22H23N3O4.C14H17ClN2O4.C11H13NO.C8H7N.ClH.Na.H2O/c1-4-16-6-5-7-18(12-16)24-22-19-14-21(29-11-9-27-3)20(28-10-8-26-2)13-17(19)15-23-25-22;1-18-3-5-20-12-7-10-9-16-17-14(15)11(10)8-13(12)21-6-4-19-2;1-11(2,13)7-6-9-4-3-5-10(12)8-9;1-2-7-4-3-5-8(9)6-7;;;/h1,5-7,12-15H,8-11H2,2-3H3,(H,24,25);7-9H,3-6H2,1-2H3;3-5,8,13H,12H2,1-2H3;1,3-6H,9H2;1H;;1H2/q;;;;;+1;/p-1. The van der Waals surface area contributed by atoms with Gasteiger partial charge in [-0.15, -0.1) is 35.5 Å². The SMILES string of the molecule is C#Cc1cccc(N)c1.C#Cc1cccc(Nc2nncc3cc(OCCOC)c(OCCOC)cc23)c1.CC(C)(O)C#Cc1cccc(N)c1.COCCOc1cc2cnnc(Cl)c2cc1OCCOC.Cl.[Na+].[OH-]. The van der Waals surface area contributed by atoms with Crippen molar-refractivity contribution in [1.82, 2.24) is 20.4 Å². The average Bonchev–Trinajstić information content (AvgIpc) is 3.37. The molecular formula is C55H62Cl2N7NaO10. The topological polar surface area (TPSA) is 240 Å². The van der Waals surface area contributed by atoms with E-state index < -0.39 is 5.60 Å². The van der Waals surface area contributed by atoms with Crippen molar-refractivity contribution in [2.75, 3.05) is 98.1 Å². The molecule has 0 unspecified atom stereocenters. The van der Waals surface area contributed by atoms with E-state index in [2.05, 4.69) is 49.4 Å². The van der Waals surface area contributed by atoms with Crippen molar-refractivity contribution in [3.8, 4) is 59.5 Å². The monoisotopic (exact) mass is 1070 g/mol. The minimum absolute atomic E-state index is 0. The van der Waals surface area contributed by atoms with Crippen molar-refractivity contribution in [3.05, 3.63) is 131 Å². The maximum Gasteiger partial charge on any atom is 1.00 e. The number of nitrogens with zero attached hydrogens (tertiary/aromatic N) is 4. The fourth-order valence-electron chi connectivity index (χ4n) is 5.92. The smallest absolute Gasteiger partial charge is 0.870 e. The van der Waals surface area contributed by atoms with Crippen LogP contribution in [0.5, 0.6) is 23.0 Å². The van der Waals surface area contributed by atoms with Gasteiger partial charge in [0.15, 0.2) is 34.0 Å². The fourth-order valence-corrected chi connectivity index (χ4v) is 6.13. The molecule has 0 radical (unpaired) electrons. The number of hydrogen-bond acceptors (Lipinski definition) is 17. The van der Waals surface area contributed by atoms with Crippen molar-refractivity contribution in [1.29, 1.82) is 0 Å². The summed E-state index contributed by atoms with van der Waals surface area (Å²) in [5.41, 5.74) is 14.7. The van der Waals surface area contributed by atoms with Crippen LogP contribution < -0.4 is 65.3 Å². The number of nitrogens with one attached hydrogen (secondary N) is 1. The quantitative estimate of drug-likeness (QED) is 0.0353. The Morgan fingerprint density at radius 1 is 0.587 bits per heavy atom. The van der Waals surface area contributed by atoms with Gasteiger partial charge in [-0.25, -0.2) is 0 Å². The van der Waals surface area contributed by atoms with Gasteiger partial charge in [0.05, 0.1) is 38.8 Å². The van der Waals surface area contributed by atoms with Crippen LogP contribution in [-0.4, -0.2) is 118 Å². The average molecular weight is 1080 g/mol. The number of hydrogen-bond donors (Lipinski definition) is 4. The van der Waals surface area contributed by atoms with Crippen LogP contribution in [0.3, 0.4) is 0 Å². The molecule has 392 valence electrons. The zero-order valence-electron chi connectivity index (χ0n) is 43.1. The zero-order valence-corrected chi connectivity index (χ0v) is 46.7. The summed E-state index contributed by atoms with van der Waals surface area (Å²) in [6, 6.07) is 29.5. The van der Waals surface area contributed by atoms with Crippen LogP contribution in [0, 0.1) is 36.5 Å². The number of aromatic nitrogens is 4. The number of ether oxygens (including phenoxy) is 8. The van der Waals surface area contributed by atoms with E-state index in [1.54, 1.807) is 85.0 Å². The molecule has 20 heteroatoms. The van der Waals surface area contributed by atoms with E-state index in [0.717, 1.165) is 43.9 Å². The molecule has 75 heavy (non-hydrogen) atoms. The Morgan fingerprint density at radius 2 is 1.00 bits per heavy atom. The van der Waals surface area contributed by atoms with E-state index in [4.69, 9.17) is 73.8 Å². The van der Waals surface area contributed by atoms with Gasteiger partial charge in [-0.05, 0) is 92.7 Å². The first-order valence-corrected chi connectivity index (χ1v) is 22.7. The van der Waals surface area contributed by atoms with Crippen LogP contribution in [-0.2, 0) is 18.9 Å². The summed E-state index contributed by atoms with van der Waals surface area (Å²) in [6.45, 7) is 6.85. The molecule has 0 aliphatic carbocycles. The molecule has 7 aromatic rings. The predicted octanol–water partition coefficient (Wildman–Crippen LogP) is 5.63. The minimum Gasteiger partial charge on any atom is -0.870 e. The van der Waals surface area contributed by atoms with E-state index >= 15 is 0 Å². The number of methoxy groups -OCH3 is 4. The molecule has 7 rings (SSSR count). The second-order valence-electron chi connectivity index (χ2n) is 15.5. The second kappa shape index (κ2) is 36.4. The summed E-state index contributed by atoms with van der Waals surface area (Å²) in [5.74, 6) is 13.7. The zero-order chi connectivity index (χ0) is 52.1. The molecule has 2 aromatic heterocycles. The van der Waals surface area contributed by atoms with E-state index in [1.165, 1.54) is 0 Å². The van der Waals surface area contributed by atoms with E-state index in [-0.39, 0.29) is 47.4 Å². The Balaban J connectivity index is 0.000000535. The second-order valence-corrected chi connectivity index (χ2v) is 15.9. The van der Waals surface area contributed by atoms with Gasteiger partial charge in [-0.2, -0.15) is 10.2 Å². The molecule has 0 bridgehead atoms. The Labute approximate surface area is 472 Å². The number of nitrogen functional groups attached to an aromatic ring is 2. The van der Waals surface area contributed by atoms with Gasteiger partial charge < -0.3 is 65.3 Å². The molecule has 0 aliphatic rings. The van der Waals surface area contributed by atoms with Crippen LogP contribution >= 0.6 is 24.0 Å². The Bertz CT molecular complexity index is 2960. The third-order valence-electron chi connectivity index (χ3n) is 9.33. The minimum atomic E-state index is -0.954. The van der Waals surface area contributed by atoms with Crippen LogP contribution in [0.1, 0.15) is 30.5 Å². The van der Waals surface area contributed by atoms with Gasteiger partial charge in [0.2, 0.25) is 0 Å².